The molecular formula is C50H34FN. The fraction of sp³-hybridized carbons (Fsp3) is 0. The summed E-state index contributed by atoms with van der Waals surface area (Å²) >= 11 is 0. The number of hydrogen-bond donors (Lipinski definition) is 0. The van der Waals surface area contributed by atoms with Crippen LogP contribution in [0.5, 0.6) is 0 Å². The van der Waals surface area contributed by atoms with Crippen LogP contribution in [0.1, 0.15) is 0 Å². The summed E-state index contributed by atoms with van der Waals surface area (Å²) in [5.74, 6) is -0.226. The van der Waals surface area contributed by atoms with Gasteiger partial charge in [0.25, 0.3) is 0 Å². The molecule has 0 aromatic heterocycles. The molecule has 0 aliphatic carbocycles. The molecule has 1 nitrogen and oxygen atoms in total. The smallest absolute Gasteiger partial charge is 0.131 e. The lowest BCUT2D eigenvalue weighted by atomic mass is 9.91. The molecule has 9 rings (SSSR count). The Morgan fingerprint density at radius 2 is 0.788 bits per heavy atom. The maximum atomic E-state index is 15.2. The Hall–Kier alpha value is -6.77. The summed E-state index contributed by atoms with van der Waals surface area (Å²) in [6, 6.07) is 71.4. The molecular weight excluding hydrogens is 634 g/mol. The second-order valence-electron chi connectivity index (χ2n) is 13.1. The van der Waals surface area contributed by atoms with E-state index in [1.165, 1.54) is 28.0 Å². The minimum absolute atomic E-state index is 0.226. The molecule has 52 heavy (non-hydrogen) atoms. The van der Waals surface area contributed by atoms with Gasteiger partial charge in [0.2, 0.25) is 0 Å². The molecule has 0 saturated heterocycles. The van der Waals surface area contributed by atoms with E-state index in [9.17, 15) is 0 Å². The SMILES string of the molecule is Fc1ccccc1-c1cccc2cccc(-c3cccc(N(c4cccc(-c5ccc(-c6ccccc6)cc5)c4)c4ccc5ccccc5c4)c3)c12. The molecule has 0 aliphatic rings. The largest absolute Gasteiger partial charge is 0.310 e. The first-order valence-electron chi connectivity index (χ1n) is 17.6. The van der Waals surface area contributed by atoms with E-state index in [1.54, 1.807) is 6.07 Å². The van der Waals surface area contributed by atoms with Crippen molar-refractivity contribution in [2.75, 3.05) is 4.90 Å². The lowest BCUT2D eigenvalue weighted by molar-refractivity contribution is 0.631. The van der Waals surface area contributed by atoms with Gasteiger partial charge < -0.3 is 4.90 Å². The predicted octanol–water partition coefficient (Wildman–Crippen LogP) is 14.3. The van der Waals surface area contributed by atoms with Gasteiger partial charge in [0.05, 0.1) is 0 Å². The number of halogens is 1. The fourth-order valence-corrected chi connectivity index (χ4v) is 7.37. The van der Waals surface area contributed by atoms with Gasteiger partial charge in [-0.3, -0.25) is 0 Å². The molecule has 0 saturated carbocycles. The van der Waals surface area contributed by atoms with Crippen molar-refractivity contribution in [3.63, 3.8) is 0 Å². The van der Waals surface area contributed by atoms with E-state index in [-0.39, 0.29) is 5.82 Å². The topological polar surface area (TPSA) is 3.24 Å². The van der Waals surface area contributed by atoms with Gasteiger partial charge in [-0.2, -0.15) is 0 Å². The third-order valence-electron chi connectivity index (χ3n) is 9.91. The summed E-state index contributed by atoms with van der Waals surface area (Å²) in [7, 11) is 0. The summed E-state index contributed by atoms with van der Waals surface area (Å²) in [5, 5.41) is 4.48. The van der Waals surface area contributed by atoms with Gasteiger partial charge in [-0.25, -0.2) is 4.39 Å². The molecule has 2 heteroatoms. The molecule has 0 bridgehead atoms. The van der Waals surface area contributed by atoms with Gasteiger partial charge in [0, 0.05) is 22.6 Å². The first-order valence-corrected chi connectivity index (χ1v) is 17.6. The minimum Gasteiger partial charge on any atom is -0.310 e. The van der Waals surface area contributed by atoms with Gasteiger partial charge in [-0.05, 0) is 103 Å². The maximum absolute atomic E-state index is 15.2. The third-order valence-corrected chi connectivity index (χ3v) is 9.91. The van der Waals surface area contributed by atoms with Crippen molar-refractivity contribution >= 4 is 38.6 Å². The van der Waals surface area contributed by atoms with E-state index >= 15 is 4.39 Å². The van der Waals surface area contributed by atoms with E-state index in [0.717, 1.165) is 55.7 Å². The van der Waals surface area contributed by atoms with Gasteiger partial charge in [0.1, 0.15) is 5.82 Å². The number of benzene rings is 9. The lowest BCUT2D eigenvalue weighted by Crippen LogP contribution is -2.10. The molecule has 9 aromatic carbocycles. The minimum atomic E-state index is -0.226. The fourth-order valence-electron chi connectivity index (χ4n) is 7.37. The Balaban J connectivity index is 1.19. The van der Waals surface area contributed by atoms with Crippen LogP contribution in [-0.2, 0) is 0 Å². The summed E-state index contributed by atoms with van der Waals surface area (Å²) in [6.07, 6.45) is 0. The van der Waals surface area contributed by atoms with E-state index in [2.05, 4.69) is 169 Å². The number of nitrogens with zero attached hydrogens (tertiary/aromatic N) is 1. The van der Waals surface area contributed by atoms with Crippen LogP contribution in [0.2, 0.25) is 0 Å². The van der Waals surface area contributed by atoms with E-state index in [0.29, 0.717) is 5.56 Å². The van der Waals surface area contributed by atoms with Crippen molar-refractivity contribution in [1.29, 1.82) is 0 Å². The van der Waals surface area contributed by atoms with Crippen molar-refractivity contribution in [1.82, 2.24) is 0 Å². The molecule has 0 amide bonds. The van der Waals surface area contributed by atoms with Crippen molar-refractivity contribution < 1.29 is 4.39 Å². The average Bonchev–Trinajstić information content (AvgIpc) is 3.21. The van der Waals surface area contributed by atoms with Gasteiger partial charge in [0.15, 0.2) is 0 Å². The van der Waals surface area contributed by atoms with Crippen LogP contribution in [0, 0.1) is 5.82 Å². The zero-order chi connectivity index (χ0) is 34.9. The normalized spacial score (nSPS) is 11.2. The molecule has 0 fully saturated rings. The average molecular weight is 668 g/mol. The summed E-state index contributed by atoms with van der Waals surface area (Å²) in [5.41, 5.74) is 11.5. The standard InChI is InChI=1S/C50H34FN/c51-49-25-7-6-22-47(49)48-24-11-17-39-16-10-23-46(50(39)48)42-19-9-21-44(34-42)52(45-31-30-36-14-4-5-15-40(36)33-45)43-20-8-18-41(32-43)38-28-26-37(27-29-38)35-12-2-1-3-13-35/h1-34H. The third kappa shape index (κ3) is 5.91. The highest BCUT2D eigenvalue weighted by molar-refractivity contribution is 6.07. The molecule has 0 spiro atoms. The van der Waals surface area contributed by atoms with Crippen molar-refractivity contribution in [3.05, 3.63) is 212 Å². The van der Waals surface area contributed by atoms with Crippen LogP contribution in [0.3, 0.4) is 0 Å². The van der Waals surface area contributed by atoms with Crippen LogP contribution in [0.15, 0.2) is 206 Å². The highest BCUT2D eigenvalue weighted by Crippen LogP contribution is 2.42. The number of hydrogen-bond acceptors (Lipinski definition) is 1. The predicted molar refractivity (Wildman–Crippen MR) is 218 cm³/mol. The molecule has 0 aliphatic heterocycles. The van der Waals surface area contributed by atoms with Crippen LogP contribution in [0.25, 0.3) is 66.1 Å². The Bertz CT molecular complexity index is 2690. The van der Waals surface area contributed by atoms with Crippen LogP contribution < -0.4 is 4.90 Å². The maximum Gasteiger partial charge on any atom is 0.131 e. The van der Waals surface area contributed by atoms with Crippen molar-refractivity contribution in [2.24, 2.45) is 0 Å². The summed E-state index contributed by atoms with van der Waals surface area (Å²) in [4.78, 5) is 2.33. The van der Waals surface area contributed by atoms with Crippen molar-refractivity contribution in [2.45, 2.75) is 0 Å². The Labute approximate surface area is 303 Å². The molecule has 0 heterocycles. The van der Waals surface area contributed by atoms with E-state index in [4.69, 9.17) is 0 Å². The van der Waals surface area contributed by atoms with E-state index in [1.807, 2.05) is 30.3 Å². The van der Waals surface area contributed by atoms with Gasteiger partial charge in [-0.1, -0.05) is 164 Å². The molecule has 0 radical (unpaired) electrons. The quantitative estimate of drug-likeness (QED) is 0.163. The number of fused-ring (bicyclic) bond motifs is 2. The zero-order valence-corrected chi connectivity index (χ0v) is 28.5. The molecule has 9 aromatic rings. The van der Waals surface area contributed by atoms with Gasteiger partial charge >= 0.3 is 0 Å². The second-order valence-corrected chi connectivity index (χ2v) is 13.1. The first kappa shape index (κ1) is 31.2. The molecule has 246 valence electrons. The van der Waals surface area contributed by atoms with Crippen molar-refractivity contribution in [3.8, 4) is 44.5 Å². The highest BCUT2D eigenvalue weighted by atomic mass is 19.1. The van der Waals surface area contributed by atoms with E-state index < -0.39 is 0 Å². The number of rotatable bonds is 7. The van der Waals surface area contributed by atoms with Crippen LogP contribution in [-0.4, -0.2) is 0 Å². The van der Waals surface area contributed by atoms with Crippen LogP contribution >= 0.6 is 0 Å². The highest BCUT2D eigenvalue weighted by Gasteiger charge is 2.17. The lowest BCUT2D eigenvalue weighted by Gasteiger charge is -2.27. The molecule has 0 atom stereocenters. The Kier molecular flexibility index (Phi) is 8.11. The van der Waals surface area contributed by atoms with Crippen LogP contribution in [0.4, 0.5) is 21.5 Å². The monoisotopic (exact) mass is 667 g/mol. The number of anilines is 3. The zero-order valence-electron chi connectivity index (χ0n) is 28.5. The molecule has 0 N–H and O–H groups in total. The first-order chi connectivity index (χ1) is 25.7. The Morgan fingerprint density at radius 3 is 1.54 bits per heavy atom. The van der Waals surface area contributed by atoms with Gasteiger partial charge in [-0.15, -0.1) is 0 Å². The summed E-state index contributed by atoms with van der Waals surface area (Å²) in [6.45, 7) is 0. The summed E-state index contributed by atoms with van der Waals surface area (Å²) < 4.78 is 15.2. The molecule has 0 unspecified atom stereocenters. The Morgan fingerprint density at radius 1 is 0.288 bits per heavy atom. The second kappa shape index (κ2) is 13.5.